The SMILES string of the molecule is Cc1cc(C)c(NS(=O)(=O)c2cc(Br)ccc2C)c(Br)c1. The van der Waals surface area contributed by atoms with Gasteiger partial charge in [-0.2, -0.15) is 0 Å². The number of hydrogen-bond donors (Lipinski definition) is 1. The van der Waals surface area contributed by atoms with E-state index in [-0.39, 0.29) is 4.90 Å². The largest absolute Gasteiger partial charge is 0.278 e. The van der Waals surface area contributed by atoms with Gasteiger partial charge in [0.1, 0.15) is 0 Å². The number of sulfonamides is 1. The highest BCUT2D eigenvalue weighted by Crippen LogP contribution is 2.31. The summed E-state index contributed by atoms with van der Waals surface area (Å²) in [4.78, 5) is 0.267. The fourth-order valence-corrected chi connectivity index (χ4v) is 4.94. The molecule has 0 bridgehead atoms. The number of hydrogen-bond acceptors (Lipinski definition) is 2. The Morgan fingerprint density at radius 1 is 0.952 bits per heavy atom. The molecule has 0 atom stereocenters. The first kappa shape index (κ1) is 16.5. The lowest BCUT2D eigenvalue weighted by Crippen LogP contribution is -2.15. The molecule has 0 saturated carbocycles. The van der Waals surface area contributed by atoms with E-state index in [0.717, 1.165) is 20.1 Å². The molecule has 0 aliphatic rings. The second-order valence-electron chi connectivity index (χ2n) is 4.95. The third-order valence-corrected chi connectivity index (χ3v) is 5.72. The Kier molecular flexibility index (Phi) is 4.80. The Labute approximate surface area is 142 Å². The maximum atomic E-state index is 12.6. The van der Waals surface area contributed by atoms with Crippen LogP contribution in [0.3, 0.4) is 0 Å². The first-order valence-electron chi connectivity index (χ1n) is 6.26. The van der Waals surface area contributed by atoms with Crippen LogP contribution < -0.4 is 4.72 Å². The summed E-state index contributed by atoms with van der Waals surface area (Å²) in [6.45, 7) is 5.62. The summed E-state index contributed by atoms with van der Waals surface area (Å²) in [6.07, 6.45) is 0. The first-order chi connectivity index (χ1) is 9.70. The molecule has 0 amide bonds. The van der Waals surface area contributed by atoms with E-state index in [1.54, 1.807) is 19.1 Å². The lowest BCUT2D eigenvalue weighted by molar-refractivity contribution is 0.600. The van der Waals surface area contributed by atoms with Crippen molar-refractivity contribution in [3.63, 3.8) is 0 Å². The van der Waals surface area contributed by atoms with Gasteiger partial charge in [-0.1, -0.05) is 28.1 Å². The van der Waals surface area contributed by atoms with Gasteiger partial charge in [0.25, 0.3) is 10.0 Å². The predicted octanol–water partition coefficient (Wildman–Crippen LogP) is 4.94. The summed E-state index contributed by atoms with van der Waals surface area (Å²) >= 11 is 6.73. The van der Waals surface area contributed by atoms with Crippen LogP contribution in [0.15, 0.2) is 44.2 Å². The van der Waals surface area contributed by atoms with Crippen LogP contribution in [0.4, 0.5) is 5.69 Å². The van der Waals surface area contributed by atoms with E-state index in [4.69, 9.17) is 0 Å². The van der Waals surface area contributed by atoms with E-state index in [0.29, 0.717) is 11.3 Å². The van der Waals surface area contributed by atoms with Crippen LogP contribution in [0, 0.1) is 20.8 Å². The molecule has 0 spiro atoms. The minimum absolute atomic E-state index is 0.267. The molecular weight excluding hydrogens is 418 g/mol. The molecule has 0 saturated heterocycles. The molecule has 1 N–H and O–H groups in total. The van der Waals surface area contributed by atoms with Crippen LogP contribution >= 0.6 is 31.9 Å². The number of nitrogens with one attached hydrogen (secondary N) is 1. The zero-order valence-corrected chi connectivity index (χ0v) is 15.9. The Balaban J connectivity index is 2.50. The second kappa shape index (κ2) is 6.10. The van der Waals surface area contributed by atoms with E-state index >= 15 is 0 Å². The van der Waals surface area contributed by atoms with Crippen LogP contribution in [-0.2, 0) is 10.0 Å². The van der Waals surface area contributed by atoms with Gasteiger partial charge in [-0.25, -0.2) is 8.42 Å². The van der Waals surface area contributed by atoms with Crippen molar-refractivity contribution in [3.05, 3.63) is 56.0 Å². The number of benzene rings is 2. The Hall–Kier alpha value is -0.850. The third-order valence-electron chi connectivity index (χ3n) is 3.11. The molecule has 2 aromatic carbocycles. The summed E-state index contributed by atoms with van der Waals surface area (Å²) in [5, 5.41) is 0. The van der Waals surface area contributed by atoms with E-state index in [1.165, 1.54) is 0 Å². The average Bonchev–Trinajstić information content (AvgIpc) is 2.36. The van der Waals surface area contributed by atoms with Crippen molar-refractivity contribution in [1.29, 1.82) is 0 Å². The van der Waals surface area contributed by atoms with E-state index in [1.807, 2.05) is 32.0 Å². The molecular formula is C15H15Br2NO2S. The molecule has 21 heavy (non-hydrogen) atoms. The van der Waals surface area contributed by atoms with Gasteiger partial charge in [-0.15, -0.1) is 0 Å². The Morgan fingerprint density at radius 3 is 2.24 bits per heavy atom. The van der Waals surface area contributed by atoms with Crippen molar-refractivity contribution in [2.75, 3.05) is 4.72 Å². The van der Waals surface area contributed by atoms with E-state index in [2.05, 4.69) is 36.6 Å². The van der Waals surface area contributed by atoms with E-state index in [9.17, 15) is 8.42 Å². The molecule has 0 fully saturated rings. The van der Waals surface area contributed by atoms with Crippen LogP contribution in [0.5, 0.6) is 0 Å². The molecule has 6 heteroatoms. The predicted molar refractivity (Wildman–Crippen MR) is 93.3 cm³/mol. The highest BCUT2D eigenvalue weighted by Gasteiger charge is 2.19. The highest BCUT2D eigenvalue weighted by molar-refractivity contribution is 9.10. The number of rotatable bonds is 3. The van der Waals surface area contributed by atoms with Crippen LogP contribution in [-0.4, -0.2) is 8.42 Å². The van der Waals surface area contributed by atoms with Gasteiger partial charge >= 0.3 is 0 Å². The molecule has 3 nitrogen and oxygen atoms in total. The fraction of sp³-hybridized carbons (Fsp3) is 0.200. The number of anilines is 1. The van der Waals surface area contributed by atoms with Crippen molar-refractivity contribution in [2.45, 2.75) is 25.7 Å². The topological polar surface area (TPSA) is 46.2 Å². The maximum absolute atomic E-state index is 12.6. The van der Waals surface area contributed by atoms with Gasteiger partial charge in [0.15, 0.2) is 0 Å². The Bertz CT molecular complexity index is 778. The summed E-state index contributed by atoms with van der Waals surface area (Å²) < 4.78 is 29.4. The quantitative estimate of drug-likeness (QED) is 0.746. The molecule has 0 aliphatic carbocycles. The van der Waals surface area contributed by atoms with Crippen molar-refractivity contribution >= 4 is 47.6 Å². The van der Waals surface area contributed by atoms with Crippen LogP contribution in [0.1, 0.15) is 16.7 Å². The summed E-state index contributed by atoms with van der Waals surface area (Å²) in [5.74, 6) is 0. The summed E-state index contributed by atoms with van der Waals surface area (Å²) in [6, 6.07) is 9.03. The van der Waals surface area contributed by atoms with Crippen molar-refractivity contribution in [1.82, 2.24) is 0 Å². The molecule has 2 aromatic rings. The number of aryl methyl sites for hydroxylation is 3. The summed E-state index contributed by atoms with van der Waals surface area (Å²) in [5.41, 5.74) is 3.21. The molecule has 0 unspecified atom stereocenters. The normalized spacial score (nSPS) is 11.5. The van der Waals surface area contributed by atoms with Crippen molar-refractivity contribution < 1.29 is 8.42 Å². The lowest BCUT2D eigenvalue weighted by Gasteiger charge is -2.15. The van der Waals surface area contributed by atoms with Gasteiger partial charge in [-0.05, 0) is 71.6 Å². The minimum Gasteiger partial charge on any atom is -0.278 e. The molecule has 2 rings (SSSR count). The van der Waals surface area contributed by atoms with Gasteiger partial charge in [0, 0.05) is 8.95 Å². The van der Waals surface area contributed by atoms with Gasteiger partial charge in [0.05, 0.1) is 10.6 Å². The third kappa shape index (κ3) is 3.67. The monoisotopic (exact) mass is 431 g/mol. The molecule has 0 radical (unpaired) electrons. The zero-order chi connectivity index (χ0) is 15.8. The zero-order valence-electron chi connectivity index (χ0n) is 11.9. The highest BCUT2D eigenvalue weighted by atomic mass is 79.9. The Morgan fingerprint density at radius 2 is 1.62 bits per heavy atom. The van der Waals surface area contributed by atoms with E-state index < -0.39 is 10.0 Å². The van der Waals surface area contributed by atoms with Crippen molar-refractivity contribution in [2.24, 2.45) is 0 Å². The molecule has 0 aromatic heterocycles. The molecule has 0 heterocycles. The summed E-state index contributed by atoms with van der Waals surface area (Å²) in [7, 11) is -3.63. The van der Waals surface area contributed by atoms with Crippen LogP contribution in [0.2, 0.25) is 0 Å². The minimum atomic E-state index is -3.63. The van der Waals surface area contributed by atoms with Gasteiger partial charge in [-0.3, -0.25) is 4.72 Å². The van der Waals surface area contributed by atoms with Gasteiger partial charge < -0.3 is 0 Å². The average molecular weight is 433 g/mol. The lowest BCUT2D eigenvalue weighted by atomic mass is 10.1. The number of halogens is 2. The second-order valence-corrected chi connectivity index (χ2v) is 8.37. The standard InChI is InChI=1S/C15H15Br2NO2S/c1-9-6-11(3)15(13(17)7-9)18-21(19,20)14-8-12(16)5-4-10(14)2/h4-8,18H,1-3H3. The first-order valence-corrected chi connectivity index (χ1v) is 9.33. The smallest absolute Gasteiger partial charge is 0.262 e. The molecule has 0 aliphatic heterocycles. The van der Waals surface area contributed by atoms with Crippen LogP contribution in [0.25, 0.3) is 0 Å². The fourth-order valence-electron chi connectivity index (χ4n) is 2.10. The van der Waals surface area contributed by atoms with Crippen molar-refractivity contribution in [3.8, 4) is 0 Å². The van der Waals surface area contributed by atoms with Gasteiger partial charge in [0.2, 0.25) is 0 Å². The molecule has 112 valence electrons. The maximum Gasteiger partial charge on any atom is 0.262 e.